The highest BCUT2D eigenvalue weighted by molar-refractivity contribution is 6.31. The van der Waals surface area contributed by atoms with Gasteiger partial charge in [0, 0.05) is 17.6 Å². The van der Waals surface area contributed by atoms with Crippen LogP contribution in [0.15, 0.2) is 42.6 Å². The maximum absolute atomic E-state index is 10.2. The van der Waals surface area contributed by atoms with Gasteiger partial charge in [-0.2, -0.15) is 0 Å². The first-order valence-corrected chi connectivity index (χ1v) is 6.00. The fraction of sp³-hybridized carbons (Fsp3) is 0.214. The van der Waals surface area contributed by atoms with Crippen LogP contribution in [0.5, 0.6) is 5.75 Å². The molecule has 0 aliphatic heterocycles. The molecule has 3 nitrogen and oxygen atoms in total. The van der Waals surface area contributed by atoms with E-state index in [1.807, 2.05) is 18.2 Å². The lowest BCUT2D eigenvalue weighted by atomic mass is 10.0. The van der Waals surface area contributed by atoms with E-state index >= 15 is 0 Å². The van der Waals surface area contributed by atoms with E-state index in [4.69, 9.17) is 16.3 Å². The van der Waals surface area contributed by atoms with Crippen molar-refractivity contribution in [1.29, 1.82) is 0 Å². The fourth-order valence-electron chi connectivity index (χ4n) is 1.79. The molecule has 0 spiro atoms. The number of aliphatic hydroxyl groups is 1. The Labute approximate surface area is 111 Å². The van der Waals surface area contributed by atoms with Crippen LogP contribution in [0.3, 0.4) is 0 Å². The van der Waals surface area contributed by atoms with Crippen molar-refractivity contribution >= 4 is 11.6 Å². The van der Waals surface area contributed by atoms with E-state index < -0.39 is 6.10 Å². The van der Waals surface area contributed by atoms with E-state index in [9.17, 15) is 5.11 Å². The molecular formula is C14H14ClNO2. The van der Waals surface area contributed by atoms with Crippen LogP contribution in [-0.2, 0) is 6.42 Å². The number of ether oxygens (including phenoxy) is 1. The highest BCUT2D eigenvalue weighted by Crippen LogP contribution is 2.27. The summed E-state index contributed by atoms with van der Waals surface area (Å²) in [6, 6.07) is 11.0. The maximum atomic E-state index is 10.2. The van der Waals surface area contributed by atoms with Crippen molar-refractivity contribution < 1.29 is 9.84 Å². The van der Waals surface area contributed by atoms with Gasteiger partial charge in [-0.25, -0.2) is 0 Å². The Morgan fingerprint density at radius 3 is 2.78 bits per heavy atom. The van der Waals surface area contributed by atoms with Crippen LogP contribution in [0.4, 0.5) is 0 Å². The zero-order valence-electron chi connectivity index (χ0n) is 10.0. The third-order valence-corrected chi connectivity index (χ3v) is 3.08. The topological polar surface area (TPSA) is 42.4 Å². The van der Waals surface area contributed by atoms with E-state index in [0.717, 1.165) is 5.56 Å². The molecule has 1 atom stereocenters. The van der Waals surface area contributed by atoms with Gasteiger partial charge in [0.05, 0.1) is 7.11 Å². The lowest BCUT2D eigenvalue weighted by molar-refractivity contribution is 0.169. The predicted molar refractivity (Wildman–Crippen MR) is 70.9 cm³/mol. The second kappa shape index (κ2) is 5.85. The molecule has 0 saturated carbocycles. The van der Waals surface area contributed by atoms with E-state index in [0.29, 0.717) is 22.9 Å². The highest BCUT2D eigenvalue weighted by Gasteiger charge is 2.16. The minimum atomic E-state index is -0.735. The number of aliphatic hydroxyl groups excluding tert-OH is 1. The largest absolute Gasteiger partial charge is 0.495 e. The lowest BCUT2D eigenvalue weighted by Gasteiger charge is -2.14. The molecule has 0 fully saturated rings. The summed E-state index contributed by atoms with van der Waals surface area (Å²) in [4.78, 5) is 4.16. The molecule has 0 bridgehead atoms. The average Bonchev–Trinajstić information content (AvgIpc) is 2.41. The van der Waals surface area contributed by atoms with Gasteiger partial charge in [0.25, 0.3) is 0 Å². The van der Waals surface area contributed by atoms with Gasteiger partial charge < -0.3 is 9.84 Å². The molecule has 0 aliphatic rings. The first-order valence-electron chi connectivity index (χ1n) is 5.62. The van der Waals surface area contributed by atoms with E-state index in [1.54, 1.807) is 31.5 Å². The van der Waals surface area contributed by atoms with E-state index in [1.165, 1.54) is 0 Å². The second-order valence-corrected chi connectivity index (χ2v) is 4.31. The number of methoxy groups -OCH3 is 1. The number of halogens is 1. The fourth-order valence-corrected chi connectivity index (χ4v) is 2.01. The quantitative estimate of drug-likeness (QED) is 0.922. The summed E-state index contributed by atoms with van der Waals surface area (Å²) in [6.07, 6.45) is 1.31. The number of benzene rings is 1. The van der Waals surface area contributed by atoms with Crippen molar-refractivity contribution in [3.8, 4) is 5.75 Å². The van der Waals surface area contributed by atoms with Crippen LogP contribution in [0, 0.1) is 0 Å². The number of hydrogen-bond acceptors (Lipinski definition) is 3. The van der Waals surface area contributed by atoms with Crippen LogP contribution in [-0.4, -0.2) is 17.2 Å². The van der Waals surface area contributed by atoms with Gasteiger partial charge in [0.1, 0.15) is 17.5 Å². The van der Waals surface area contributed by atoms with Crippen molar-refractivity contribution in [1.82, 2.24) is 4.98 Å². The van der Waals surface area contributed by atoms with Crippen molar-refractivity contribution in [2.75, 3.05) is 7.11 Å². The lowest BCUT2D eigenvalue weighted by Crippen LogP contribution is -2.06. The van der Waals surface area contributed by atoms with Crippen molar-refractivity contribution in [3.05, 3.63) is 58.9 Å². The predicted octanol–water partition coefficient (Wildman–Crippen LogP) is 3.02. The maximum Gasteiger partial charge on any atom is 0.143 e. The van der Waals surface area contributed by atoms with E-state index in [2.05, 4.69) is 4.98 Å². The molecular weight excluding hydrogens is 250 g/mol. The van der Waals surface area contributed by atoms with Crippen LogP contribution >= 0.6 is 11.6 Å². The summed E-state index contributed by atoms with van der Waals surface area (Å²) < 4.78 is 5.18. The number of aromatic nitrogens is 1. The average molecular weight is 264 g/mol. The standard InChI is InChI=1S/C14H14ClNO2/c1-18-13-7-4-8-16-14(13)12(17)9-10-5-2-3-6-11(10)15/h2-8,12,17H,9H2,1H3. The van der Waals surface area contributed by atoms with Crippen molar-refractivity contribution in [2.24, 2.45) is 0 Å². The molecule has 94 valence electrons. The van der Waals surface area contributed by atoms with Crippen LogP contribution < -0.4 is 4.74 Å². The third kappa shape index (κ3) is 2.81. The molecule has 1 heterocycles. The van der Waals surface area contributed by atoms with Crippen LogP contribution in [0.2, 0.25) is 5.02 Å². The van der Waals surface area contributed by atoms with Crippen LogP contribution in [0.1, 0.15) is 17.4 Å². The summed E-state index contributed by atoms with van der Waals surface area (Å²) in [5, 5.41) is 10.9. The molecule has 4 heteroatoms. The van der Waals surface area contributed by atoms with Gasteiger partial charge in [0.15, 0.2) is 0 Å². The first-order chi connectivity index (χ1) is 8.72. The minimum Gasteiger partial charge on any atom is -0.495 e. The Morgan fingerprint density at radius 1 is 1.28 bits per heavy atom. The van der Waals surface area contributed by atoms with E-state index in [-0.39, 0.29) is 0 Å². The highest BCUT2D eigenvalue weighted by atomic mass is 35.5. The number of hydrogen-bond donors (Lipinski definition) is 1. The van der Waals surface area contributed by atoms with Crippen LogP contribution in [0.25, 0.3) is 0 Å². The Bertz CT molecular complexity index is 531. The second-order valence-electron chi connectivity index (χ2n) is 3.90. The zero-order chi connectivity index (χ0) is 13.0. The summed E-state index contributed by atoms with van der Waals surface area (Å²) >= 11 is 6.07. The molecule has 2 aromatic rings. The Hall–Kier alpha value is -1.58. The summed E-state index contributed by atoms with van der Waals surface area (Å²) in [7, 11) is 1.56. The molecule has 1 aromatic carbocycles. The van der Waals surface area contributed by atoms with Crippen molar-refractivity contribution in [2.45, 2.75) is 12.5 Å². The normalized spacial score (nSPS) is 12.2. The number of pyridine rings is 1. The summed E-state index contributed by atoms with van der Waals surface area (Å²) in [5.74, 6) is 0.581. The summed E-state index contributed by atoms with van der Waals surface area (Å²) in [5.41, 5.74) is 1.42. The number of nitrogens with zero attached hydrogens (tertiary/aromatic N) is 1. The first kappa shape index (κ1) is 12.9. The third-order valence-electron chi connectivity index (χ3n) is 2.71. The summed E-state index contributed by atoms with van der Waals surface area (Å²) in [6.45, 7) is 0. The van der Waals surface area contributed by atoms with Gasteiger partial charge in [-0.05, 0) is 23.8 Å². The van der Waals surface area contributed by atoms with Gasteiger partial charge in [-0.3, -0.25) is 4.98 Å². The number of rotatable bonds is 4. The van der Waals surface area contributed by atoms with Gasteiger partial charge in [-0.1, -0.05) is 29.8 Å². The monoisotopic (exact) mass is 263 g/mol. The smallest absolute Gasteiger partial charge is 0.143 e. The SMILES string of the molecule is COc1cccnc1C(O)Cc1ccccc1Cl. The molecule has 0 amide bonds. The van der Waals surface area contributed by atoms with Crippen molar-refractivity contribution in [3.63, 3.8) is 0 Å². The zero-order valence-corrected chi connectivity index (χ0v) is 10.8. The molecule has 1 N–H and O–H groups in total. The molecule has 0 saturated heterocycles. The Kier molecular flexibility index (Phi) is 4.18. The molecule has 1 aromatic heterocycles. The molecule has 2 rings (SSSR count). The molecule has 0 aliphatic carbocycles. The molecule has 0 radical (unpaired) electrons. The van der Waals surface area contributed by atoms with Gasteiger partial charge >= 0.3 is 0 Å². The Morgan fingerprint density at radius 2 is 2.06 bits per heavy atom. The van der Waals surface area contributed by atoms with Gasteiger partial charge in [-0.15, -0.1) is 0 Å². The van der Waals surface area contributed by atoms with Gasteiger partial charge in [0.2, 0.25) is 0 Å². The molecule has 1 unspecified atom stereocenters. The Balaban J connectivity index is 2.22. The minimum absolute atomic E-state index is 0.410. The molecule has 18 heavy (non-hydrogen) atoms.